The van der Waals surface area contributed by atoms with Gasteiger partial charge >= 0.3 is 0 Å². The fraction of sp³-hybridized carbons (Fsp3) is 0. The number of hydrogen-bond donors (Lipinski definition) is 0. The van der Waals surface area contributed by atoms with Crippen molar-refractivity contribution in [1.82, 2.24) is 4.98 Å². The normalized spacial score (nSPS) is 8.90. The number of terminal acetylenes is 1. The lowest BCUT2D eigenvalue weighted by Gasteiger charge is -1.93. The van der Waals surface area contributed by atoms with Gasteiger partial charge in [-0.3, -0.25) is 0 Å². The van der Waals surface area contributed by atoms with Gasteiger partial charge in [0, 0.05) is 0 Å². The molecule has 1 aromatic heterocycles. The molecule has 10 heavy (non-hydrogen) atoms. The Balaban J connectivity index is 3.23. The lowest BCUT2D eigenvalue weighted by Crippen LogP contribution is -1.81. The molecule has 0 N–H and O–H groups in total. The Bertz CT molecular complexity index is 290. The van der Waals surface area contributed by atoms with Crippen LogP contribution in [0.25, 0.3) is 0 Å². The molecule has 0 radical (unpaired) electrons. The molecule has 0 fully saturated rings. The van der Waals surface area contributed by atoms with Crippen molar-refractivity contribution in [2.45, 2.75) is 0 Å². The van der Waals surface area contributed by atoms with Crippen LogP contribution in [0, 0.1) is 12.3 Å². The summed E-state index contributed by atoms with van der Waals surface area (Å²) >= 11 is 8.73. The molecule has 0 aliphatic carbocycles. The zero-order chi connectivity index (χ0) is 7.56. The smallest absolute Gasteiger partial charge is 0.130 e. The maximum atomic E-state index is 5.56. The van der Waals surface area contributed by atoms with Crippen molar-refractivity contribution in [1.29, 1.82) is 0 Å². The monoisotopic (exact) mass is 215 g/mol. The maximum Gasteiger partial charge on any atom is 0.130 e. The molecule has 0 spiro atoms. The van der Waals surface area contributed by atoms with Gasteiger partial charge < -0.3 is 0 Å². The van der Waals surface area contributed by atoms with Crippen LogP contribution in [0.5, 0.6) is 0 Å². The Hall–Kier alpha value is -0.520. The van der Waals surface area contributed by atoms with Crippen LogP contribution in [0.1, 0.15) is 5.56 Å². The Labute approximate surface area is 72.6 Å². The minimum absolute atomic E-state index is 0.436. The molecule has 1 heterocycles. The van der Waals surface area contributed by atoms with Crippen molar-refractivity contribution in [2.75, 3.05) is 0 Å². The number of hydrogen-bond acceptors (Lipinski definition) is 1. The van der Waals surface area contributed by atoms with E-state index in [0.717, 1.165) is 0 Å². The third kappa shape index (κ3) is 1.50. The van der Waals surface area contributed by atoms with Gasteiger partial charge in [0.15, 0.2) is 0 Å². The van der Waals surface area contributed by atoms with Gasteiger partial charge in [-0.05, 0) is 28.1 Å². The van der Waals surface area contributed by atoms with E-state index in [1.807, 2.05) is 0 Å². The highest BCUT2D eigenvalue weighted by molar-refractivity contribution is 9.10. The van der Waals surface area contributed by atoms with Crippen molar-refractivity contribution in [3.05, 3.63) is 27.5 Å². The van der Waals surface area contributed by atoms with Gasteiger partial charge in [-0.25, -0.2) is 4.98 Å². The van der Waals surface area contributed by atoms with E-state index in [1.54, 1.807) is 12.1 Å². The third-order valence-electron chi connectivity index (χ3n) is 0.970. The molecule has 0 aromatic carbocycles. The molecule has 50 valence electrons. The molecule has 0 amide bonds. The molecule has 0 saturated carbocycles. The van der Waals surface area contributed by atoms with E-state index in [0.29, 0.717) is 15.3 Å². The molecule has 1 nitrogen and oxygen atoms in total. The fourth-order valence-electron chi connectivity index (χ4n) is 0.520. The Morgan fingerprint density at radius 3 is 2.80 bits per heavy atom. The first-order valence-electron chi connectivity index (χ1n) is 2.52. The number of rotatable bonds is 0. The van der Waals surface area contributed by atoms with E-state index in [2.05, 4.69) is 26.8 Å². The topological polar surface area (TPSA) is 12.9 Å². The van der Waals surface area contributed by atoms with Crippen LogP contribution in [0.4, 0.5) is 0 Å². The zero-order valence-corrected chi connectivity index (χ0v) is 7.28. The second-order valence-corrected chi connectivity index (χ2v) is 2.76. The summed E-state index contributed by atoms with van der Waals surface area (Å²) in [7, 11) is 0. The Morgan fingerprint density at radius 1 is 1.60 bits per heavy atom. The highest BCUT2D eigenvalue weighted by Gasteiger charge is 1.96. The predicted octanol–water partition coefficient (Wildman–Crippen LogP) is 2.48. The molecule has 0 bridgehead atoms. The van der Waals surface area contributed by atoms with Gasteiger partial charge in [-0.2, -0.15) is 0 Å². The molecule has 0 aliphatic rings. The summed E-state index contributed by atoms with van der Waals surface area (Å²) in [5.41, 5.74) is 0.712. The first-order valence-corrected chi connectivity index (χ1v) is 3.70. The zero-order valence-electron chi connectivity index (χ0n) is 4.94. The summed E-state index contributed by atoms with van der Waals surface area (Å²) in [6.45, 7) is 0. The molecule has 1 aromatic rings. The standard InChI is InChI=1S/C7H3BrClN/c1-2-5-3-4-6(9)10-7(5)8/h1,3-4H. The van der Waals surface area contributed by atoms with E-state index in [-0.39, 0.29) is 0 Å². The second kappa shape index (κ2) is 3.05. The van der Waals surface area contributed by atoms with E-state index >= 15 is 0 Å². The summed E-state index contributed by atoms with van der Waals surface area (Å²) in [5.74, 6) is 2.45. The quantitative estimate of drug-likeness (QED) is 0.480. The minimum atomic E-state index is 0.436. The van der Waals surface area contributed by atoms with Gasteiger partial charge in [-0.15, -0.1) is 6.42 Å². The number of pyridine rings is 1. The second-order valence-electron chi connectivity index (χ2n) is 1.62. The molecule has 0 aliphatic heterocycles. The van der Waals surface area contributed by atoms with Crippen molar-refractivity contribution in [3.8, 4) is 12.3 Å². The lowest BCUT2D eigenvalue weighted by atomic mass is 10.3. The first kappa shape index (κ1) is 7.59. The number of halogens is 2. The SMILES string of the molecule is C#Cc1ccc(Cl)nc1Br. The van der Waals surface area contributed by atoms with E-state index < -0.39 is 0 Å². The van der Waals surface area contributed by atoms with E-state index in [4.69, 9.17) is 18.0 Å². The average Bonchev–Trinajstić information content (AvgIpc) is 1.88. The number of aromatic nitrogens is 1. The van der Waals surface area contributed by atoms with Gasteiger partial charge in [0.2, 0.25) is 0 Å². The van der Waals surface area contributed by atoms with Gasteiger partial charge in [0.05, 0.1) is 5.56 Å². The van der Waals surface area contributed by atoms with Crippen LogP contribution in [0.15, 0.2) is 16.7 Å². The van der Waals surface area contributed by atoms with E-state index in [1.165, 1.54) is 0 Å². The highest BCUT2D eigenvalue weighted by atomic mass is 79.9. The molecular weight excluding hydrogens is 213 g/mol. The van der Waals surface area contributed by atoms with Crippen molar-refractivity contribution >= 4 is 27.5 Å². The number of nitrogens with zero attached hydrogens (tertiary/aromatic N) is 1. The highest BCUT2D eigenvalue weighted by Crippen LogP contribution is 2.15. The van der Waals surface area contributed by atoms with Crippen LogP contribution in [-0.2, 0) is 0 Å². The van der Waals surface area contributed by atoms with Crippen LogP contribution < -0.4 is 0 Å². The molecule has 0 unspecified atom stereocenters. The molecular formula is C7H3BrClN. The van der Waals surface area contributed by atoms with Gasteiger partial charge in [0.1, 0.15) is 9.76 Å². The molecule has 3 heteroatoms. The summed E-state index contributed by atoms with van der Waals surface area (Å²) in [6, 6.07) is 3.39. The molecule has 1 rings (SSSR count). The first-order chi connectivity index (χ1) is 4.74. The van der Waals surface area contributed by atoms with Crippen molar-refractivity contribution in [2.24, 2.45) is 0 Å². The Morgan fingerprint density at radius 2 is 2.30 bits per heavy atom. The maximum absolute atomic E-state index is 5.56. The van der Waals surface area contributed by atoms with Crippen molar-refractivity contribution < 1.29 is 0 Å². The fourth-order valence-corrected chi connectivity index (χ4v) is 1.21. The summed E-state index contributed by atoms with van der Waals surface area (Å²) in [6.07, 6.45) is 5.14. The summed E-state index contributed by atoms with van der Waals surface area (Å²) in [5, 5.41) is 0.436. The van der Waals surface area contributed by atoms with E-state index in [9.17, 15) is 0 Å². The third-order valence-corrected chi connectivity index (χ3v) is 1.79. The van der Waals surface area contributed by atoms with Gasteiger partial charge in [-0.1, -0.05) is 17.5 Å². The van der Waals surface area contributed by atoms with Crippen LogP contribution >= 0.6 is 27.5 Å². The summed E-state index contributed by atoms with van der Waals surface area (Å²) in [4.78, 5) is 3.88. The van der Waals surface area contributed by atoms with Crippen molar-refractivity contribution in [3.63, 3.8) is 0 Å². The predicted molar refractivity (Wildman–Crippen MR) is 44.9 cm³/mol. The summed E-state index contributed by atoms with van der Waals surface area (Å²) < 4.78 is 0.613. The molecule has 0 atom stereocenters. The van der Waals surface area contributed by atoms with Crippen LogP contribution in [0.2, 0.25) is 5.15 Å². The lowest BCUT2D eigenvalue weighted by molar-refractivity contribution is 1.26. The van der Waals surface area contributed by atoms with Crippen LogP contribution in [-0.4, -0.2) is 4.98 Å². The largest absolute Gasteiger partial charge is 0.228 e. The molecule has 0 saturated heterocycles. The Kier molecular flexibility index (Phi) is 2.31. The van der Waals surface area contributed by atoms with Crippen LogP contribution in [0.3, 0.4) is 0 Å². The van der Waals surface area contributed by atoms with Gasteiger partial charge in [0.25, 0.3) is 0 Å². The minimum Gasteiger partial charge on any atom is -0.228 e. The average molecular weight is 216 g/mol.